The zero-order valence-corrected chi connectivity index (χ0v) is 16.2. The van der Waals surface area contributed by atoms with Crippen molar-refractivity contribution in [1.82, 2.24) is 4.98 Å². The molecule has 28 heavy (non-hydrogen) atoms. The van der Waals surface area contributed by atoms with Crippen LogP contribution >= 0.6 is 23.4 Å². The van der Waals surface area contributed by atoms with E-state index in [9.17, 15) is 14.9 Å². The molecule has 2 aromatic carbocycles. The number of ether oxygens (including phenoxy) is 1. The number of hydrogen-bond donors (Lipinski definition) is 1. The summed E-state index contributed by atoms with van der Waals surface area (Å²) in [6, 6.07) is 14.6. The number of carbonyl (C=O) groups is 1. The van der Waals surface area contributed by atoms with Crippen LogP contribution in [0.4, 0.5) is 11.4 Å². The summed E-state index contributed by atoms with van der Waals surface area (Å²) >= 11 is 7.62. The second-order valence-electron chi connectivity index (χ2n) is 5.48. The number of hydrogen-bond acceptors (Lipinski definition) is 6. The van der Waals surface area contributed by atoms with Crippen molar-refractivity contribution >= 4 is 40.6 Å². The Hall–Kier alpha value is -3.10. The van der Waals surface area contributed by atoms with E-state index in [1.807, 2.05) is 12.1 Å². The molecular weight excluding hydrogens is 402 g/mol. The van der Waals surface area contributed by atoms with Gasteiger partial charge >= 0.3 is 5.69 Å². The van der Waals surface area contributed by atoms with Crippen LogP contribution in [0.3, 0.4) is 0 Å². The lowest BCUT2D eigenvalue weighted by atomic mass is 10.1. The fourth-order valence-electron chi connectivity index (χ4n) is 2.39. The molecule has 0 radical (unpaired) electrons. The third-order valence-corrected chi connectivity index (χ3v) is 5.22. The number of anilines is 1. The van der Waals surface area contributed by atoms with Crippen molar-refractivity contribution in [2.75, 3.05) is 12.4 Å². The molecule has 0 aliphatic carbocycles. The summed E-state index contributed by atoms with van der Waals surface area (Å²) in [5.74, 6) is -0.424. The number of nitrogens with zero attached hydrogens (tertiary/aromatic N) is 2. The Bertz CT molecular complexity index is 1030. The molecule has 9 heteroatoms. The number of rotatable bonds is 6. The van der Waals surface area contributed by atoms with Gasteiger partial charge in [0.1, 0.15) is 5.03 Å². The van der Waals surface area contributed by atoms with Gasteiger partial charge in [0, 0.05) is 17.8 Å². The van der Waals surface area contributed by atoms with Crippen LogP contribution in [-0.4, -0.2) is 22.9 Å². The zero-order valence-electron chi connectivity index (χ0n) is 14.6. The first kappa shape index (κ1) is 19.7. The van der Waals surface area contributed by atoms with Crippen LogP contribution in [0.2, 0.25) is 5.02 Å². The lowest BCUT2D eigenvalue weighted by Gasteiger charge is -2.12. The molecule has 1 N–H and O–H groups in total. The number of amides is 1. The van der Waals surface area contributed by atoms with Crippen molar-refractivity contribution < 1.29 is 14.5 Å². The predicted octanol–water partition coefficient (Wildman–Crippen LogP) is 5.06. The van der Waals surface area contributed by atoms with E-state index in [0.717, 1.165) is 0 Å². The largest absolute Gasteiger partial charge is 0.490 e. The van der Waals surface area contributed by atoms with Crippen LogP contribution in [0.1, 0.15) is 10.4 Å². The highest BCUT2D eigenvalue weighted by atomic mass is 35.5. The van der Waals surface area contributed by atoms with E-state index >= 15 is 0 Å². The molecule has 0 bridgehead atoms. The molecule has 142 valence electrons. The van der Waals surface area contributed by atoms with Gasteiger partial charge in [0.15, 0.2) is 5.75 Å². The number of nitro groups is 1. The lowest BCUT2D eigenvalue weighted by Crippen LogP contribution is -2.13. The molecule has 1 aromatic heterocycles. The molecule has 0 unspecified atom stereocenters. The van der Waals surface area contributed by atoms with Gasteiger partial charge in [-0.3, -0.25) is 14.9 Å². The van der Waals surface area contributed by atoms with Gasteiger partial charge in [-0.2, -0.15) is 0 Å². The molecule has 0 fully saturated rings. The molecular formula is C19H14ClN3O4S. The minimum Gasteiger partial charge on any atom is -0.490 e. The van der Waals surface area contributed by atoms with Gasteiger partial charge in [0.2, 0.25) is 0 Å². The van der Waals surface area contributed by atoms with E-state index in [1.165, 1.54) is 37.1 Å². The van der Waals surface area contributed by atoms with E-state index in [2.05, 4.69) is 10.3 Å². The molecule has 1 heterocycles. The summed E-state index contributed by atoms with van der Waals surface area (Å²) in [5.41, 5.74) is 0.317. The number of methoxy groups -OCH3 is 1. The number of nitrogens with one attached hydrogen (secondary N) is 1. The molecule has 0 saturated heterocycles. The smallest absolute Gasteiger partial charge is 0.311 e. The fourth-order valence-corrected chi connectivity index (χ4v) is 3.55. The summed E-state index contributed by atoms with van der Waals surface area (Å²) in [4.78, 5) is 28.1. The molecule has 3 aromatic rings. The van der Waals surface area contributed by atoms with Crippen molar-refractivity contribution in [2.45, 2.75) is 9.92 Å². The van der Waals surface area contributed by atoms with Gasteiger partial charge in [-0.05, 0) is 36.4 Å². The number of carbonyl (C=O) groups excluding carboxylic acids is 1. The fraction of sp³-hybridized carbons (Fsp3) is 0.0526. The Labute approximate surface area is 169 Å². The summed E-state index contributed by atoms with van der Waals surface area (Å²) in [5, 5.41) is 15.1. The molecule has 1 amide bonds. The topological polar surface area (TPSA) is 94.4 Å². The average molecular weight is 416 g/mol. The highest BCUT2D eigenvalue weighted by Gasteiger charge is 2.19. The molecule has 0 aliphatic rings. The van der Waals surface area contributed by atoms with E-state index in [1.54, 1.807) is 30.5 Å². The first-order chi connectivity index (χ1) is 13.5. The van der Waals surface area contributed by atoms with Gasteiger partial charge < -0.3 is 10.1 Å². The van der Waals surface area contributed by atoms with E-state index in [4.69, 9.17) is 16.3 Å². The maximum Gasteiger partial charge on any atom is 0.311 e. The normalized spacial score (nSPS) is 10.4. The van der Waals surface area contributed by atoms with Crippen LogP contribution in [0, 0.1) is 10.1 Å². The maximum absolute atomic E-state index is 12.7. The number of nitro benzene ring substituents is 1. The third-order valence-electron chi connectivity index (χ3n) is 3.70. The van der Waals surface area contributed by atoms with Crippen LogP contribution in [0.25, 0.3) is 0 Å². The Morgan fingerprint density at radius 2 is 2.04 bits per heavy atom. The van der Waals surface area contributed by atoms with Crippen molar-refractivity contribution in [1.29, 1.82) is 0 Å². The molecule has 0 spiro atoms. The van der Waals surface area contributed by atoms with Crippen molar-refractivity contribution in [3.63, 3.8) is 0 Å². The quantitative estimate of drug-likeness (QED) is 0.447. The summed E-state index contributed by atoms with van der Waals surface area (Å²) in [7, 11) is 1.33. The van der Waals surface area contributed by atoms with Gasteiger partial charge in [-0.25, -0.2) is 4.98 Å². The second kappa shape index (κ2) is 8.73. The van der Waals surface area contributed by atoms with E-state index < -0.39 is 10.8 Å². The standard InChI is InChI=1S/C19H14ClN3O4S/c1-27-16-9-8-12(11-15(16)23(25)26)19(24)22-14-6-4-5-13(20)18(14)28-17-7-2-3-10-21-17/h2-11H,1H3,(H,22,24). The van der Waals surface area contributed by atoms with Crippen molar-refractivity contribution in [3.05, 3.63) is 81.5 Å². The average Bonchev–Trinajstić information content (AvgIpc) is 2.70. The predicted molar refractivity (Wildman–Crippen MR) is 107 cm³/mol. The van der Waals surface area contributed by atoms with Crippen molar-refractivity contribution in [3.8, 4) is 5.75 Å². The van der Waals surface area contributed by atoms with E-state index in [-0.39, 0.29) is 17.0 Å². The van der Waals surface area contributed by atoms with Crippen LogP contribution < -0.4 is 10.1 Å². The summed E-state index contributed by atoms with van der Waals surface area (Å²) in [6.45, 7) is 0. The van der Waals surface area contributed by atoms with Gasteiger partial charge in [-0.15, -0.1) is 0 Å². The molecule has 0 aliphatic heterocycles. The molecule has 0 atom stereocenters. The zero-order chi connectivity index (χ0) is 20.1. The molecule has 3 rings (SSSR count). The maximum atomic E-state index is 12.7. The first-order valence-electron chi connectivity index (χ1n) is 8.01. The van der Waals surface area contributed by atoms with Crippen LogP contribution in [0.15, 0.2) is 70.7 Å². The monoisotopic (exact) mass is 415 g/mol. The minimum atomic E-state index is -0.600. The van der Waals surface area contributed by atoms with Gasteiger partial charge in [-0.1, -0.05) is 35.5 Å². The Kier molecular flexibility index (Phi) is 6.13. The lowest BCUT2D eigenvalue weighted by molar-refractivity contribution is -0.385. The summed E-state index contributed by atoms with van der Waals surface area (Å²) < 4.78 is 4.96. The molecule has 0 saturated carbocycles. The third kappa shape index (κ3) is 4.41. The number of aromatic nitrogens is 1. The number of benzene rings is 2. The highest BCUT2D eigenvalue weighted by molar-refractivity contribution is 7.99. The Morgan fingerprint density at radius 1 is 1.21 bits per heavy atom. The second-order valence-corrected chi connectivity index (χ2v) is 6.92. The summed E-state index contributed by atoms with van der Waals surface area (Å²) in [6.07, 6.45) is 1.66. The number of halogens is 1. The van der Waals surface area contributed by atoms with Crippen LogP contribution in [-0.2, 0) is 0 Å². The minimum absolute atomic E-state index is 0.0794. The van der Waals surface area contributed by atoms with Crippen LogP contribution in [0.5, 0.6) is 5.75 Å². The van der Waals surface area contributed by atoms with Gasteiger partial charge in [0.25, 0.3) is 5.91 Å². The Balaban J connectivity index is 1.90. The molecule has 7 nitrogen and oxygen atoms in total. The SMILES string of the molecule is COc1ccc(C(=O)Nc2cccc(Cl)c2Sc2ccccn2)cc1[N+](=O)[O-]. The van der Waals surface area contributed by atoms with Gasteiger partial charge in [0.05, 0.1) is 27.6 Å². The van der Waals surface area contributed by atoms with E-state index in [0.29, 0.717) is 20.6 Å². The highest BCUT2D eigenvalue weighted by Crippen LogP contribution is 2.38. The Morgan fingerprint density at radius 3 is 2.71 bits per heavy atom. The first-order valence-corrected chi connectivity index (χ1v) is 9.20. The number of pyridine rings is 1. The van der Waals surface area contributed by atoms with Crippen molar-refractivity contribution in [2.24, 2.45) is 0 Å².